The van der Waals surface area contributed by atoms with E-state index in [2.05, 4.69) is 35.7 Å². The first kappa shape index (κ1) is 15.2. The van der Waals surface area contributed by atoms with Gasteiger partial charge in [-0.05, 0) is 20.4 Å². The Kier molecular flexibility index (Phi) is 6.38. The first-order valence-corrected chi connectivity index (χ1v) is 6.61. The minimum absolute atomic E-state index is 0.201. The number of hydrogen-bond donors (Lipinski definition) is 2. The average Bonchev–Trinajstić information content (AvgIpc) is 2.37. The molecule has 1 saturated heterocycles. The fourth-order valence-electron chi connectivity index (χ4n) is 2.14. The van der Waals surface area contributed by atoms with Gasteiger partial charge in [-0.2, -0.15) is 0 Å². The second-order valence-electron chi connectivity index (χ2n) is 5.00. The van der Waals surface area contributed by atoms with E-state index in [1.807, 2.05) is 0 Å². The number of nitrogens with zero attached hydrogens (tertiary/aromatic N) is 3. The van der Waals surface area contributed by atoms with Gasteiger partial charge < -0.3 is 15.7 Å². The molecule has 1 aliphatic rings. The molecule has 0 aromatic rings. The minimum atomic E-state index is 0.201. The highest BCUT2D eigenvalue weighted by atomic mass is 16.5. The Bertz CT molecular complexity index is 271. The molecule has 1 rings (SSSR count). The molecular weight excluding hydrogens is 232 g/mol. The molecular formula is C12H26N4O2. The molecule has 1 aliphatic heterocycles. The lowest BCUT2D eigenvalue weighted by atomic mass is 10.2. The lowest BCUT2D eigenvalue weighted by Crippen LogP contribution is -2.50. The zero-order valence-corrected chi connectivity index (χ0v) is 11.7. The normalized spacial score (nSPS) is 22.9. The summed E-state index contributed by atoms with van der Waals surface area (Å²) in [6, 6.07) is 0.339. The van der Waals surface area contributed by atoms with Crippen molar-refractivity contribution in [2.45, 2.75) is 32.9 Å². The van der Waals surface area contributed by atoms with Gasteiger partial charge in [0.15, 0.2) is 5.84 Å². The van der Waals surface area contributed by atoms with Crippen molar-refractivity contribution in [2.24, 2.45) is 10.9 Å². The summed E-state index contributed by atoms with van der Waals surface area (Å²) in [6.07, 6.45) is 0.201. The Morgan fingerprint density at radius 1 is 1.61 bits per heavy atom. The molecule has 0 aromatic carbocycles. The number of ether oxygens (including phenoxy) is 1. The molecule has 1 atom stereocenters. The van der Waals surface area contributed by atoms with E-state index in [-0.39, 0.29) is 11.9 Å². The van der Waals surface area contributed by atoms with Crippen molar-refractivity contribution in [1.29, 1.82) is 0 Å². The largest absolute Gasteiger partial charge is 0.409 e. The predicted molar refractivity (Wildman–Crippen MR) is 72.0 cm³/mol. The van der Waals surface area contributed by atoms with Crippen LogP contribution in [0.15, 0.2) is 5.16 Å². The Morgan fingerprint density at radius 2 is 2.33 bits per heavy atom. The summed E-state index contributed by atoms with van der Waals surface area (Å²) in [5, 5.41) is 11.7. The van der Waals surface area contributed by atoms with Crippen molar-refractivity contribution >= 4 is 5.84 Å². The van der Waals surface area contributed by atoms with Gasteiger partial charge in [-0.15, -0.1) is 0 Å². The number of amidine groups is 1. The van der Waals surface area contributed by atoms with Gasteiger partial charge in [0.1, 0.15) is 0 Å². The maximum absolute atomic E-state index is 8.65. The second kappa shape index (κ2) is 7.56. The van der Waals surface area contributed by atoms with Crippen LogP contribution in [-0.2, 0) is 4.74 Å². The summed E-state index contributed by atoms with van der Waals surface area (Å²) >= 11 is 0. The Morgan fingerprint density at radius 3 is 2.89 bits per heavy atom. The van der Waals surface area contributed by atoms with Crippen LogP contribution >= 0.6 is 0 Å². The topological polar surface area (TPSA) is 74.3 Å². The van der Waals surface area contributed by atoms with Crippen molar-refractivity contribution in [2.75, 3.05) is 39.3 Å². The smallest absolute Gasteiger partial charge is 0.153 e. The summed E-state index contributed by atoms with van der Waals surface area (Å²) in [5.74, 6) is 0.242. The fourth-order valence-corrected chi connectivity index (χ4v) is 2.14. The third kappa shape index (κ3) is 4.80. The molecule has 0 saturated carbocycles. The number of rotatable bonds is 6. The van der Waals surface area contributed by atoms with Gasteiger partial charge in [-0.3, -0.25) is 9.80 Å². The molecule has 0 spiro atoms. The molecule has 0 radical (unpaired) electrons. The number of hydrogen-bond acceptors (Lipinski definition) is 5. The van der Waals surface area contributed by atoms with E-state index in [1.165, 1.54) is 0 Å². The van der Waals surface area contributed by atoms with Crippen molar-refractivity contribution in [3.8, 4) is 0 Å². The van der Waals surface area contributed by atoms with Gasteiger partial charge in [-0.25, -0.2) is 0 Å². The highest BCUT2D eigenvalue weighted by molar-refractivity contribution is 5.81. The maximum atomic E-state index is 8.65. The Labute approximate surface area is 109 Å². The molecule has 18 heavy (non-hydrogen) atoms. The summed E-state index contributed by atoms with van der Waals surface area (Å²) in [5.41, 5.74) is 5.58. The van der Waals surface area contributed by atoms with Crippen molar-refractivity contribution in [3.63, 3.8) is 0 Å². The van der Waals surface area contributed by atoms with Crippen molar-refractivity contribution < 1.29 is 9.94 Å². The highest BCUT2D eigenvalue weighted by Gasteiger charge is 2.23. The molecule has 6 nitrogen and oxygen atoms in total. The van der Waals surface area contributed by atoms with Crippen LogP contribution in [0.1, 0.15) is 20.8 Å². The number of morpholine rings is 1. The minimum Gasteiger partial charge on any atom is -0.409 e. The molecule has 1 unspecified atom stereocenters. The quantitative estimate of drug-likeness (QED) is 0.307. The van der Waals surface area contributed by atoms with E-state index < -0.39 is 0 Å². The maximum Gasteiger partial charge on any atom is 0.153 e. The van der Waals surface area contributed by atoms with E-state index in [0.717, 1.165) is 32.8 Å². The van der Waals surface area contributed by atoms with Crippen molar-refractivity contribution in [3.05, 3.63) is 0 Å². The van der Waals surface area contributed by atoms with Crippen LogP contribution in [0.5, 0.6) is 0 Å². The molecule has 0 aromatic heterocycles. The highest BCUT2D eigenvalue weighted by Crippen LogP contribution is 2.08. The predicted octanol–water partition coefficient (Wildman–Crippen LogP) is 0.164. The van der Waals surface area contributed by atoms with E-state index in [1.54, 1.807) is 0 Å². The third-order valence-corrected chi connectivity index (χ3v) is 3.33. The van der Waals surface area contributed by atoms with Crippen LogP contribution < -0.4 is 5.73 Å². The van der Waals surface area contributed by atoms with E-state index in [4.69, 9.17) is 15.7 Å². The van der Waals surface area contributed by atoms with E-state index in [0.29, 0.717) is 12.6 Å². The lowest BCUT2D eigenvalue weighted by Gasteiger charge is -2.36. The van der Waals surface area contributed by atoms with Gasteiger partial charge in [-0.1, -0.05) is 12.1 Å². The summed E-state index contributed by atoms with van der Waals surface area (Å²) in [4.78, 5) is 4.55. The van der Waals surface area contributed by atoms with Crippen LogP contribution in [0.3, 0.4) is 0 Å². The fraction of sp³-hybridized carbons (Fsp3) is 0.917. The van der Waals surface area contributed by atoms with Crippen LogP contribution in [0.2, 0.25) is 0 Å². The van der Waals surface area contributed by atoms with Crippen LogP contribution in [-0.4, -0.2) is 72.3 Å². The molecule has 1 fully saturated rings. The average molecular weight is 258 g/mol. The summed E-state index contributed by atoms with van der Waals surface area (Å²) in [6.45, 7) is 11.5. The Hall–Kier alpha value is -0.850. The molecule has 0 amide bonds. The van der Waals surface area contributed by atoms with Gasteiger partial charge in [0.05, 0.1) is 19.3 Å². The zero-order valence-electron chi connectivity index (χ0n) is 11.7. The summed E-state index contributed by atoms with van der Waals surface area (Å²) in [7, 11) is 0. The lowest BCUT2D eigenvalue weighted by molar-refractivity contribution is -0.0434. The molecule has 6 heteroatoms. The molecule has 0 aliphatic carbocycles. The van der Waals surface area contributed by atoms with E-state index >= 15 is 0 Å². The Balaban J connectivity index is 2.49. The second-order valence-corrected chi connectivity index (χ2v) is 5.00. The molecule has 3 N–H and O–H groups in total. The van der Waals surface area contributed by atoms with E-state index in [9.17, 15) is 0 Å². The number of likely N-dealkylation sites (N-methyl/N-ethyl adjacent to an activating group) is 1. The first-order valence-electron chi connectivity index (χ1n) is 6.61. The van der Waals surface area contributed by atoms with Crippen molar-refractivity contribution in [1.82, 2.24) is 9.80 Å². The standard InChI is InChI=1S/C12H26N4O2/c1-4-15-5-6-18-11(7-15)8-16(10(2)3)9-12(13)14-17/h10-11,17H,4-9H2,1-3H3,(H2,13,14). The van der Waals surface area contributed by atoms with Gasteiger partial charge in [0, 0.05) is 25.7 Å². The van der Waals surface area contributed by atoms with Gasteiger partial charge in [0.25, 0.3) is 0 Å². The number of nitrogens with two attached hydrogens (primary N) is 1. The molecule has 1 heterocycles. The SMILES string of the molecule is CCN1CCOC(CN(CC(N)=NO)C(C)C)C1. The number of oxime groups is 1. The van der Waals surface area contributed by atoms with Crippen LogP contribution in [0, 0.1) is 0 Å². The van der Waals surface area contributed by atoms with Gasteiger partial charge in [0.2, 0.25) is 0 Å². The zero-order chi connectivity index (χ0) is 13.5. The monoisotopic (exact) mass is 258 g/mol. The van der Waals surface area contributed by atoms with Gasteiger partial charge >= 0.3 is 0 Å². The first-order chi connectivity index (χ1) is 8.56. The van der Waals surface area contributed by atoms with Crippen LogP contribution in [0.25, 0.3) is 0 Å². The molecule has 0 bridgehead atoms. The summed E-state index contributed by atoms with van der Waals surface area (Å²) < 4.78 is 5.78. The van der Waals surface area contributed by atoms with Crippen LogP contribution in [0.4, 0.5) is 0 Å². The molecule has 106 valence electrons. The third-order valence-electron chi connectivity index (χ3n) is 3.33.